The molecule has 0 atom stereocenters. The number of benzene rings is 1. The highest BCUT2D eigenvalue weighted by atomic mass is 32.1. The number of thiophene rings is 1. The van der Waals surface area contributed by atoms with Crippen LogP contribution >= 0.6 is 11.3 Å². The molecule has 4 aromatic rings. The van der Waals surface area contributed by atoms with Crippen molar-refractivity contribution in [1.29, 1.82) is 0 Å². The summed E-state index contributed by atoms with van der Waals surface area (Å²) in [6.45, 7) is 1.76. The lowest BCUT2D eigenvalue weighted by Crippen LogP contribution is -2.35. The Labute approximate surface area is 191 Å². The molecule has 1 N–H and O–H groups in total. The van der Waals surface area contributed by atoms with Crippen LogP contribution in [-0.4, -0.2) is 26.4 Å². The molecule has 4 heterocycles. The van der Waals surface area contributed by atoms with E-state index in [9.17, 15) is 18.0 Å². The molecule has 3 aromatic heterocycles. The molecule has 1 aromatic carbocycles. The van der Waals surface area contributed by atoms with Crippen LogP contribution in [0.15, 0.2) is 64.8 Å². The number of rotatable bonds is 4. The van der Waals surface area contributed by atoms with Gasteiger partial charge in [0.1, 0.15) is 5.82 Å². The average Bonchev–Trinajstić information content (AvgIpc) is 3.34. The molecule has 1 aliphatic rings. The van der Waals surface area contributed by atoms with Gasteiger partial charge in [0.2, 0.25) is 0 Å². The first-order valence-electron chi connectivity index (χ1n) is 10.4. The molecule has 0 amide bonds. The Hall–Kier alpha value is -3.30. The maximum absolute atomic E-state index is 12.8. The van der Waals surface area contributed by atoms with Gasteiger partial charge in [0.05, 0.1) is 33.1 Å². The van der Waals surface area contributed by atoms with Gasteiger partial charge in [0.15, 0.2) is 0 Å². The van der Waals surface area contributed by atoms with Gasteiger partial charge in [-0.3, -0.25) is 14.7 Å². The van der Waals surface area contributed by atoms with Crippen LogP contribution in [0.1, 0.15) is 22.5 Å². The number of halogens is 3. The molecule has 0 saturated carbocycles. The van der Waals surface area contributed by atoms with E-state index in [-0.39, 0.29) is 11.4 Å². The molecule has 1 aliphatic heterocycles. The molecule has 0 unspecified atom stereocenters. The minimum Gasteiger partial charge on any atom is -0.306 e. The number of nitrogens with one attached hydrogen (secondary N) is 1. The Kier molecular flexibility index (Phi) is 5.59. The monoisotopic (exact) mass is 468 g/mol. The molecule has 0 radical (unpaired) electrons. The fourth-order valence-electron chi connectivity index (χ4n) is 3.93. The fraction of sp³-hybridized carbons (Fsp3) is 0.208. The van der Waals surface area contributed by atoms with Gasteiger partial charge < -0.3 is 4.98 Å². The number of alkyl halides is 3. The zero-order chi connectivity index (χ0) is 23.0. The van der Waals surface area contributed by atoms with E-state index in [1.807, 2.05) is 35.7 Å². The summed E-state index contributed by atoms with van der Waals surface area (Å²) >= 11 is 1.64. The predicted molar refractivity (Wildman–Crippen MR) is 121 cm³/mol. The zero-order valence-corrected chi connectivity index (χ0v) is 18.2. The van der Waals surface area contributed by atoms with Crippen LogP contribution < -0.4 is 5.56 Å². The molecule has 168 valence electrons. The number of hydrogen-bond donors (Lipinski definition) is 1. The summed E-state index contributed by atoms with van der Waals surface area (Å²) in [5, 5.41) is 2.02. The number of hydrogen-bond acceptors (Lipinski definition) is 5. The third kappa shape index (κ3) is 4.60. The van der Waals surface area contributed by atoms with E-state index in [0.29, 0.717) is 42.9 Å². The Morgan fingerprint density at radius 2 is 1.85 bits per heavy atom. The van der Waals surface area contributed by atoms with Crippen LogP contribution in [0.5, 0.6) is 0 Å². The molecular weight excluding hydrogens is 449 g/mol. The quantitative estimate of drug-likeness (QED) is 0.451. The van der Waals surface area contributed by atoms with Crippen molar-refractivity contribution in [2.24, 2.45) is 0 Å². The lowest BCUT2D eigenvalue weighted by atomic mass is 10.1. The summed E-state index contributed by atoms with van der Waals surface area (Å²) in [6.07, 6.45) is -3.83. The molecule has 0 spiro atoms. The van der Waals surface area contributed by atoms with E-state index in [1.54, 1.807) is 11.3 Å². The van der Waals surface area contributed by atoms with Crippen molar-refractivity contribution >= 4 is 11.3 Å². The first-order chi connectivity index (χ1) is 15.9. The second-order valence-corrected chi connectivity index (χ2v) is 8.81. The van der Waals surface area contributed by atoms with Gasteiger partial charge in [-0.15, -0.1) is 11.3 Å². The van der Waals surface area contributed by atoms with Crippen molar-refractivity contribution < 1.29 is 13.2 Å². The van der Waals surface area contributed by atoms with Crippen molar-refractivity contribution in [1.82, 2.24) is 19.9 Å². The zero-order valence-electron chi connectivity index (χ0n) is 17.4. The van der Waals surface area contributed by atoms with E-state index in [0.717, 1.165) is 28.4 Å². The van der Waals surface area contributed by atoms with Crippen molar-refractivity contribution in [2.75, 3.05) is 6.54 Å². The summed E-state index contributed by atoms with van der Waals surface area (Å²) in [6, 6.07) is 14.6. The minimum absolute atomic E-state index is 0.264. The molecule has 0 saturated heterocycles. The van der Waals surface area contributed by atoms with Gasteiger partial charge in [0, 0.05) is 31.6 Å². The molecule has 5 rings (SSSR count). The second-order valence-electron chi connectivity index (χ2n) is 7.87. The molecular formula is C24H19F3N4OS. The van der Waals surface area contributed by atoms with Crippen molar-refractivity contribution in [3.05, 3.63) is 92.8 Å². The van der Waals surface area contributed by atoms with Gasteiger partial charge in [-0.1, -0.05) is 24.3 Å². The van der Waals surface area contributed by atoms with Crippen molar-refractivity contribution in [2.45, 2.75) is 25.7 Å². The van der Waals surface area contributed by atoms with Crippen LogP contribution in [0.3, 0.4) is 0 Å². The molecule has 0 fully saturated rings. The van der Waals surface area contributed by atoms with Crippen LogP contribution in [0.4, 0.5) is 13.2 Å². The first kappa shape index (κ1) is 21.5. The maximum atomic E-state index is 12.8. The molecule has 0 aliphatic carbocycles. The van der Waals surface area contributed by atoms with E-state index < -0.39 is 11.7 Å². The van der Waals surface area contributed by atoms with E-state index in [1.165, 1.54) is 12.1 Å². The van der Waals surface area contributed by atoms with Crippen molar-refractivity contribution in [3.8, 4) is 22.0 Å². The number of pyridine rings is 1. The van der Waals surface area contributed by atoms with Gasteiger partial charge in [-0.25, -0.2) is 4.98 Å². The minimum atomic E-state index is -4.41. The predicted octanol–water partition coefficient (Wildman–Crippen LogP) is 5.14. The Balaban J connectivity index is 1.34. The third-order valence-corrected chi connectivity index (χ3v) is 6.49. The van der Waals surface area contributed by atoms with E-state index in [4.69, 9.17) is 4.98 Å². The lowest BCUT2D eigenvalue weighted by molar-refractivity contribution is -0.137. The molecule has 0 bridgehead atoms. The molecule has 5 nitrogen and oxygen atoms in total. The van der Waals surface area contributed by atoms with E-state index in [2.05, 4.69) is 14.9 Å². The summed E-state index contributed by atoms with van der Waals surface area (Å²) in [5.74, 6) is 0.284. The van der Waals surface area contributed by atoms with Crippen LogP contribution in [-0.2, 0) is 25.7 Å². The van der Waals surface area contributed by atoms with E-state index >= 15 is 0 Å². The highest BCUT2D eigenvalue weighted by molar-refractivity contribution is 7.13. The summed E-state index contributed by atoms with van der Waals surface area (Å²) in [4.78, 5) is 28.1. The molecule has 33 heavy (non-hydrogen) atoms. The lowest BCUT2D eigenvalue weighted by Gasteiger charge is -2.27. The Morgan fingerprint density at radius 1 is 1.03 bits per heavy atom. The van der Waals surface area contributed by atoms with Crippen LogP contribution in [0.2, 0.25) is 0 Å². The third-order valence-electron chi connectivity index (χ3n) is 5.60. The number of H-pyrrole nitrogens is 1. The highest BCUT2D eigenvalue weighted by Crippen LogP contribution is 2.30. The summed E-state index contributed by atoms with van der Waals surface area (Å²) < 4.78 is 38.4. The van der Waals surface area contributed by atoms with Crippen LogP contribution in [0, 0.1) is 0 Å². The smallest absolute Gasteiger partial charge is 0.306 e. The van der Waals surface area contributed by atoms with Gasteiger partial charge in [0.25, 0.3) is 5.56 Å². The van der Waals surface area contributed by atoms with Gasteiger partial charge in [-0.05, 0) is 35.7 Å². The number of aromatic nitrogens is 3. The standard InChI is InChI=1S/C24H19F3N4OS/c25-24(26,27)16-8-6-15(7-9-16)22-29-19-10-11-31(14-18(19)23(32)30-22)13-17-3-1-4-20(28-17)21-5-2-12-33-21/h1-9,12H,10-11,13-14H2,(H,29,30,32). The normalized spacial score (nSPS) is 14.3. The highest BCUT2D eigenvalue weighted by Gasteiger charge is 2.30. The fourth-order valence-corrected chi connectivity index (χ4v) is 4.62. The summed E-state index contributed by atoms with van der Waals surface area (Å²) in [7, 11) is 0. The summed E-state index contributed by atoms with van der Waals surface area (Å²) in [5.41, 5.74) is 2.58. The van der Waals surface area contributed by atoms with Crippen LogP contribution in [0.25, 0.3) is 22.0 Å². The Bertz CT molecular complexity index is 1330. The average molecular weight is 469 g/mol. The number of nitrogens with zero attached hydrogens (tertiary/aromatic N) is 3. The van der Waals surface area contributed by atoms with Crippen molar-refractivity contribution in [3.63, 3.8) is 0 Å². The van der Waals surface area contributed by atoms with Gasteiger partial charge in [-0.2, -0.15) is 13.2 Å². The topological polar surface area (TPSA) is 61.9 Å². The van der Waals surface area contributed by atoms with Gasteiger partial charge >= 0.3 is 6.18 Å². The number of aromatic amines is 1. The number of fused-ring (bicyclic) bond motifs is 1. The maximum Gasteiger partial charge on any atom is 0.416 e. The molecule has 9 heteroatoms. The second kappa shape index (κ2) is 8.57. The SMILES string of the molecule is O=c1[nH]c(-c2ccc(C(F)(F)F)cc2)nc2c1CN(Cc1cccc(-c3cccs3)n1)CC2. The first-order valence-corrected chi connectivity index (χ1v) is 11.3. The largest absolute Gasteiger partial charge is 0.416 e. The Morgan fingerprint density at radius 3 is 2.58 bits per heavy atom.